The highest BCUT2D eigenvalue weighted by atomic mass is 16.8. The molecule has 1 aromatic rings. The molecule has 0 saturated carbocycles. The molecule has 0 aliphatic carbocycles. The molecular formula is C33H44O14. The van der Waals surface area contributed by atoms with Gasteiger partial charge in [-0.25, -0.2) is 19.2 Å². The van der Waals surface area contributed by atoms with E-state index in [2.05, 4.69) is 6.58 Å². The zero-order valence-corrected chi connectivity index (χ0v) is 26.5. The lowest BCUT2D eigenvalue weighted by atomic mass is 9.74. The number of carbonyl (C=O) groups is 4. The Balaban J connectivity index is 1.98. The van der Waals surface area contributed by atoms with Gasteiger partial charge in [-0.3, -0.25) is 0 Å². The molecule has 0 aromatic heterocycles. The Kier molecular flexibility index (Phi) is 12.1. The minimum atomic E-state index is -3.90. The number of fused-ring (bicyclic) bond motifs is 2. The maximum absolute atomic E-state index is 12.9. The van der Waals surface area contributed by atoms with Gasteiger partial charge in [0.05, 0.1) is 6.10 Å². The van der Waals surface area contributed by atoms with E-state index in [0.717, 1.165) is 18.1 Å². The predicted octanol–water partition coefficient (Wildman–Crippen LogP) is 1.29. The Hall–Kier alpha value is -3.66. The molecule has 0 spiro atoms. The second-order valence-corrected chi connectivity index (χ2v) is 12.5. The van der Waals surface area contributed by atoms with Crippen LogP contribution in [0.1, 0.15) is 52.0 Å². The molecule has 7 N–H and O–H groups in total. The second-order valence-electron chi connectivity index (χ2n) is 12.5. The van der Waals surface area contributed by atoms with E-state index in [9.17, 15) is 54.9 Å². The van der Waals surface area contributed by atoms with Gasteiger partial charge in [-0.1, -0.05) is 70.2 Å². The number of esters is 1. The summed E-state index contributed by atoms with van der Waals surface area (Å²) in [5.74, 6) is -11.2. The van der Waals surface area contributed by atoms with E-state index < -0.39 is 84.2 Å². The Bertz CT molecular complexity index is 1350. The minimum Gasteiger partial charge on any atom is -0.479 e. The molecule has 0 amide bonds. The van der Waals surface area contributed by atoms with Gasteiger partial charge in [0, 0.05) is 25.0 Å². The summed E-state index contributed by atoms with van der Waals surface area (Å²) in [4.78, 5) is 50.6. The molecule has 2 aliphatic rings. The fourth-order valence-corrected chi connectivity index (χ4v) is 6.24. The van der Waals surface area contributed by atoms with Crippen LogP contribution < -0.4 is 0 Å². The average molecular weight is 665 g/mol. The van der Waals surface area contributed by atoms with Gasteiger partial charge in [0.2, 0.25) is 23.1 Å². The summed E-state index contributed by atoms with van der Waals surface area (Å²) in [6, 6.07) is 8.94. The molecule has 14 heteroatoms. The van der Waals surface area contributed by atoms with E-state index >= 15 is 0 Å². The van der Waals surface area contributed by atoms with E-state index in [0.29, 0.717) is 12.3 Å². The van der Waals surface area contributed by atoms with Crippen molar-refractivity contribution in [2.75, 3.05) is 6.61 Å². The van der Waals surface area contributed by atoms with Gasteiger partial charge in [-0.15, -0.1) is 0 Å². The highest BCUT2D eigenvalue weighted by Crippen LogP contribution is 2.55. The average Bonchev–Trinajstić information content (AvgIpc) is 3.24. The number of carboxylic acid groups (broad SMARTS) is 3. The van der Waals surface area contributed by atoms with Crippen LogP contribution >= 0.6 is 0 Å². The molecule has 3 rings (SSSR count). The fourth-order valence-electron chi connectivity index (χ4n) is 6.24. The molecular weight excluding hydrogens is 620 g/mol. The highest BCUT2D eigenvalue weighted by Gasteiger charge is 2.85. The van der Waals surface area contributed by atoms with Crippen LogP contribution in [0.2, 0.25) is 0 Å². The zero-order chi connectivity index (χ0) is 35.3. The van der Waals surface area contributed by atoms with Crippen molar-refractivity contribution >= 4 is 23.9 Å². The van der Waals surface area contributed by atoms with Crippen molar-refractivity contribution in [3.05, 3.63) is 60.2 Å². The van der Waals surface area contributed by atoms with Crippen molar-refractivity contribution < 1.29 is 69.1 Å². The molecule has 2 heterocycles. The summed E-state index contributed by atoms with van der Waals surface area (Å²) in [6.45, 7) is 9.21. The topological polar surface area (TPSA) is 238 Å². The predicted molar refractivity (Wildman–Crippen MR) is 163 cm³/mol. The first-order valence-corrected chi connectivity index (χ1v) is 15.4. The number of aliphatic carboxylic acids is 3. The van der Waals surface area contributed by atoms with Crippen LogP contribution in [0.5, 0.6) is 0 Å². The molecule has 2 fully saturated rings. The lowest BCUT2D eigenvalue weighted by Gasteiger charge is -2.48. The maximum atomic E-state index is 12.9. The number of carboxylic acids is 3. The van der Waals surface area contributed by atoms with Crippen molar-refractivity contribution in [1.82, 2.24) is 0 Å². The van der Waals surface area contributed by atoms with Gasteiger partial charge in [-0.2, -0.15) is 0 Å². The standard InChI is InChI=1S/C33H44O14/c1-5-18(2)15-19(3)11-12-23(35)45-26-25(37)31(14-13-20(4)24(36)22(17-34)16-21-9-7-6-8-10-21)46-27(28(38)39)32(44,29(40)41)33(26,47-31)30(42)43/h6-12,18-19,22,24-27,34,36-37,44H,4-5,13-17H2,1-3H3,(H,38,39)(H,40,41)(H,42,43). The maximum Gasteiger partial charge on any atom is 0.344 e. The Morgan fingerprint density at radius 3 is 2.26 bits per heavy atom. The number of benzene rings is 1. The van der Waals surface area contributed by atoms with E-state index in [-0.39, 0.29) is 24.3 Å². The number of aliphatic hydroxyl groups is 4. The van der Waals surface area contributed by atoms with Crippen LogP contribution in [0.15, 0.2) is 54.6 Å². The van der Waals surface area contributed by atoms with Crippen molar-refractivity contribution in [2.45, 2.75) is 94.3 Å². The monoisotopic (exact) mass is 664 g/mol. The lowest BCUT2D eigenvalue weighted by molar-refractivity contribution is -0.374. The molecule has 0 radical (unpaired) electrons. The van der Waals surface area contributed by atoms with E-state index in [1.54, 1.807) is 30.3 Å². The van der Waals surface area contributed by atoms with Crippen LogP contribution in [0.3, 0.4) is 0 Å². The molecule has 10 atom stereocenters. The number of ether oxygens (including phenoxy) is 3. The third-order valence-corrected chi connectivity index (χ3v) is 9.11. The SMILES string of the molecule is C=C(CCC12OC(C(=O)O)C(O)(C(=O)O)C(C(=O)O)(O1)C(OC(=O)C=CC(C)CC(C)CC)C2O)C(O)C(CO)Cc1ccccc1. The van der Waals surface area contributed by atoms with Crippen LogP contribution in [0.25, 0.3) is 0 Å². The van der Waals surface area contributed by atoms with Crippen molar-refractivity contribution in [3.8, 4) is 0 Å². The summed E-state index contributed by atoms with van der Waals surface area (Å²) < 4.78 is 16.3. The molecule has 1 aromatic carbocycles. The van der Waals surface area contributed by atoms with Gasteiger partial charge in [0.15, 0.2) is 6.10 Å². The van der Waals surface area contributed by atoms with E-state index in [1.807, 2.05) is 20.8 Å². The lowest BCUT2D eigenvalue weighted by Crippen LogP contribution is -2.78. The van der Waals surface area contributed by atoms with Crippen molar-refractivity contribution in [2.24, 2.45) is 17.8 Å². The number of aliphatic hydroxyl groups excluding tert-OH is 3. The number of allylic oxidation sites excluding steroid dienone is 1. The third kappa shape index (κ3) is 7.27. The van der Waals surface area contributed by atoms with Crippen LogP contribution in [-0.2, 0) is 39.8 Å². The molecule has 2 aliphatic heterocycles. The van der Waals surface area contributed by atoms with Crippen molar-refractivity contribution in [1.29, 1.82) is 0 Å². The Labute approximate surface area is 271 Å². The highest BCUT2D eigenvalue weighted by molar-refractivity contribution is 5.98. The third-order valence-electron chi connectivity index (χ3n) is 9.11. The van der Waals surface area contributed by atoms with Crippen LogP contribution in [0.4, 0.5) is 0 Å². The second kappa shape index (κ2) is 15.0. The molecule has 14 nitrogen and oxygen atoms in total. The van der Waals surface area contributed by atoms with Gasteiger partial charge >= 0.3 is 23.9 Å². The van der Waals surface area contributed by atoms with Gasteiger partial charge < -0.3 is 50.0 Å². The molecule has 47 heavy (non-hydrogen) atoms. The van der Waals surface area contributed by atoms with E-state index in [1.165, 1.54) is 6.08 Å². The first kappa shape index (κ1) is 37.8. The molecule has 260 valence electrons. The van der Waals surface area contributed by atoms with Crippen molar-refractivity contribution in [3.63, 3.8) is 0 Å². The van der Waals surface area contributed by atoms with Gasteiger partial charge in [0.1, 0.15) is 6.10 Å². The van der Waals surface area contributed by atoms with Crippen LogP contribution in [-0.4, -0.2) is 108 Å². The molecule has 10 unspecified atom stereocenters. The smallest absolute Gasteiger partial charge is 0.344 e. The number of rotatable bonds is 17. The molecule has 2 bridgehead atoms. The quantitative estimate of drug-likeness (QED) is 0.0706. The zero-order valence-electron chi connectivity index (χ0n) is 26.5. The summed E-state index contributed by atoms with van der Waals surface area (Å²) in [6.07, 6.45) is -5.68. The minimum absolute atomic E-state index is 0.0549. The number of hydrogen-bond acceptors (Lipinski definition) is 11. The summed E-state index contributed by atoms with van der Waals surface area (Å²) in [5, 5.41) is 74.1. The van der Waals surface area contributed by atoms with E-state index in [4.69, 9.17) is 14.2 Å². The summed E-state index contributed by atoms with van der Waals surface area (Å²) in [5.41, 5.74) is -6.61. The normalized spacial score (nSPS) is 31.1. The number of hydrogen-bond donors (Lipinski definition) is 7. The fraction of sp³-hybridized carbons (Fsp3) is 0.576. The summed E-state index contributed by atoms with van der Waals surface area (Å²) in [7, 11) is 0. The number of carbonyl (C=O) groups excluding carboxylic acids is 1. The van der Waals surface area contributed by atoms with Gasteiger partial charge in [-0.05, 0) is 42.2 Å². The first-order chi connectivity index (χ1) is 22.0. The van der Waals surface area contributed by atoms with Gasteiger partial charge in [0.25, 0.3) is 0 Å². The molecule has 2 saturated heterocycles. The first-order valence-electron chi connectivity index (χ1n) is 15.4. The Morgan fingerprint density at radius 2 is 1.72 bits per heavy atom. The largest absolute Gasteiger partial charge is 0.479 e. The van der Waals surface area contributed by atoms with Crippen LogP contribution in [0, 0.1) is 17.8 Å². The summed E-state index contributed by atoms with van der Waals surface area (Å²) >= 11 is 0. The Morgan fingerprint density at radius 1 is 1.09 bits per heavy atom.